The molecule has 1 saturated heterocycles. The zero-order valence-electron chi connectivity index (χ0n) is 9.56. The molecule has 3 rings (SSSR count). The Kier molecular flexibility index (Phi) is 2.64. The number of ketones is 1. The first kappa shape index (κ1) is 10.8. The van der Waals surface area contributed by atoms with Crippen molar-refractivity contribution in [1.29, 1.82) is 0 Å². The Labute approximate surface area is 103 Å². The van der Waals surface area contributed by atoms with Gasteiger partial charge in [0.2, 0.25) is 0 Å². The van der Waals surface area contributed by atoms with Crippen LogP contribution in [0.2, 0.25) is 0 Å². The van der Waals surface area contributed by atoms with E-state index < -0.39 is 0 Å². The number of thiophene rings is 1. The number of carbonyl (C=O) groups excluding carboxylic acids is 1. The summed E-state index contributed by atoms with van der Waals surface area (Å²) in [4.78, 5) is 21.6. The molecule has 88 valence electrons. The Morgan fingerprint density at radius 2 is 2.35 bits per heavy atom. The number of Topliss-reactive ketones (excluding diaryl/α,β-unsaturated/α-hetero) is 1. The van der Waals surface area contributed by atoms with E-state index in [0.29, 0.717) is 18.6 Å². The molecule has 0 aromatic carbocycles. The lowest BCUT2D eigenvalue weighted by molar-refractivity contribution is -0.120. The zero-order chi connectivity index (χ0) is 11.8. The minimum atomic E-state index is 0.0352. The Bertz CT molecular complexity index is 578. The molecule has 2 aromatic heterocycles. The van der Waals surface area contributed by atoms with Gasteiger partial charge < -0.3 is 5.32 Å². The van der Waals surface area contributed by atoms with Crippen LogP contribution in [-0.2, 0) is 4.79 Å². The predicted molar refractivity (Wildman–Crippen MR) is 67.1 cm³/mol. The highest BCUT2D eigenvalue weighted by Crippen LogP contribution is 2.25. The highest BCUT2D eigenvalue weighted by Gasteiger charge is 2.23. The van der Waals surface area contributed by atoms with Crippen LogP contribution in [0.4, 0.5) is 0 Å². The molecule has 1 aliphatic heterocycles. The third-order valence-corrected chi connectivity index (χ3v) is 3.86. The van der Waals surface area contributed by atoms with E-state index in [1.165, 1.54) is 0 Å². The van der Waals surface area contributed by atoms with Gasteiger partial charge in [0.15, 0.2) is 0 Å². The molecule has 1 fully saturated rings. The van der Waals surface area contributed by atoms with Gasteiger partial charge in [-0.05, 0) is 18.4 Å². The first-order chi connectivity index (χ1) is 8.24. The summed E-state index contributed by atoms with van der Waals surface area (Å²) in [5.74, 6) is 0.306. The maximum Gasteiger partial charge on any atom is 0.142 e. The molecule has 0 bridgehead atoms. The molecule has 17 heavy (non-hydrogen) atoms. The fourth-order valence-electron chi connectivity index (χ4n) is 2.19. The van der Waals surface area contributed by atoms with Crippen LogP contribution in [0.5, 0.6) is 0 Å². The molecule has 0 amide bonds. The van der Waals surface area contributed by atoms with Crippen molar-refractivity contribution in [2.24, 2.45) is 0 Å². The van der Waals surface area contributed by atoms with Crippen LogP contribution >= 0.6 is 11.3 Å². The predicted octanol–water partition coefficient (Wildman–Crippen LogP) is 1.99. The highest BCUT2D eigenvalue weighted by molar-refractivity contribution is 7.16. The molecule has 1 unspecified atom stereocenters. The average molecular weight is 247 g/mol. The standard InChI is InChI=1S/C12H13N3OS/c1-7-11(10-6-8(16)2-4-13-10)15-9-3-5-17-12(9)14-7/h3,5,10,13H,2,4,6H2,1H3. The Morgan fingerprint density at radius 1 is 1.47 bits per heavy atom. The molecule has 0 saturated carbocycles. The molecule has 2 aromatic rings. The van der Waals surface area contributed by atoms with E-state index in [1.807, 2.05) is 18.4 Å². The molecular weight excluding hydrogens is 234 g/mol. The van der Waals surface area contributed by atoms with E-state index in [-0.39, 0.29) is 6.04 Å². The molecule has 0 radical (unpaired) electrons. The summed E-state index contributed by atoms with van der Waals surface area (Å²) in [6.07, 6.45) is 1.16. The maximum absolute atomic E-state index is 11.5. The molecule has 1 atom stereocenters. The van der Waals surface area contributed by atoms with E-state index in [2.05, 4.69) is 15.3 Å². The summed E-state index contributed by atoms with van der Waals surface area (Å²) >= 11 is 1.60. The molecule has 4 nitrogen and oxygen atoms in total. The smallest absolute Gasteiger partial charge is 0.142 e. The SMILES string of the molecule is Cc1nc2sccc2nc1C1CC(=O)CCN1. The lowest BCUT2D eigenvalue weighted by Crippen LogP contribution is -2.33. The van der Waals surface area contributed by atoms with E-state index in [9.17, 15) is 4.79 Å². The normalized spacial score (nSPS) is 21.0. The molecule has 1 aliphatic rings. The average Bonchev–Trinajstić information content (AvgIpc) is 2.75. The summed E-state index contributed by atoms with van der Waals surface area (Å²) in [6, 6.07) is 2.01. The van der Waals surface area contributed by atoms with Crippen molar-refractivity contribution in [1.82, 2.24) is 15.3 Å². The van der Waals surface area contributed by atoms with E-state index in [1.54, 1.807) is 11.3 Å². The second-order valence-electron chi connectivity index (χ2n) is 4.30. The Balaban J connectivity index is 2.03. The van der Waals surface area contributed by atoms with Gasteiger partial charge in [0.1, 0.15) is 16.1 Å². The number of nitrogens with one attached hydrogen (secondary N) is 1. The number of nitrogens with zero attached hydrogens (tertiary/aromatic N) is 2. The quantitative estimate of drug-likeness (QED) is 0.837. The third-order valence-electron chi connectivity index (χ3n) is 3.06. The van der Waals surface area contributed by atoms with Crippen LogP contribution < -0.4 is 5.32 Å². The fraction of sp³-hybridized carbons (Fsp3) is 0.417. The van der Waals surface area contributed by atoms with Gasteiger partial charge >= 0.3 is 0 Å². The van der Waals surface area contributed by atoms with Crippen molar-refractivity contribution in [3.8, 4) is 0 Å². The number of hydrogen-bond acceptors (Lipinski definition) is 5. The topological polar surface area (TPSA) is 54.9 Å². The second-order valence-corrected chi connectivity index (χ2v) is 5.20. The zero-order valence-corrected chi connectivity index (χ0v) is 10.4. The third kappa shape index (κ3) is 1.96. The Morgan fingerprint density at radius 3 is 3.18 bits per heavy atom. The van der Waals surface area contributed by atoms with E-state index in [4.69, 9.17) is 0 Å². The van der Waals surface area contributed by atoms with Gasteiger partial charge in [-0.2, -0.15) is 0 Å². The summed E-state index contributed by atoms with van der Waals surface area (Å²) in [7, 11) is 0. The van der Waals surface area contributed by atoms with E-state index >= 15 is 0 Å². The molecule has 0 aliphatic carbocycles. The summed E-state index contributed by atoms with van der Waals surface area (Å²) in [5, 5.41) is 5.34. The van der Waals surface area contributed by atoms with Crippen LogP contribution in [0.25, 0.3) is 10.3 Å². The van der Waals surface area contributed by atoms with Crippen molar-refractivity contribution in [3.05, 3.63) is 22.8 Å². The van der Waals surface area contributed by atoms with Crippen LogP contribution in [0.3, 0.4) is 0 Å². The van der Waals surface area contributed by atoms with Gasteiger partial charge in [0.05, 0.1) is 17.4 Å². The van der Waals surface area contributed by atoms with Gasteiger partial charge in [-0.1, -0.05) is 0 Å². The van der Waals surface area contributed by atoms with Gasteiger partial charge in [-0.25, -0.2) is 9.97 Å². The monoisotopic (exact) mass is 247 g/mol. The van der Waals surface area contributed by atoms with Gasteiger partial charge in [-0.15, -0.1) is 11.3 Å². The van der Waals surface area contributed by atoms with Crippen molar-refractivity contribution in [2.75, 3.05) is 6.54 Å². The Hall–Kier alpha value is -1.33. The lowest BCUT2D eigenvalue weighted by Gasteiger charge is -2.23. The van der Waals surface area contributed by atoms with Gasteiger partial charge in [0.25, 0.3) is 0 Å². The van der Waals surface area contributed by atoms with Crippen LogP contribution in [-0.4, -0.2) is 22.3 Å². The van der Waals surface area contributed by atoms with Gasteiger partial charge in [-0.3, -0.25) is 4.79 Å². The van der Waals surface area contributed by atoms with Crippen molar-refractivity contribution in [3.63, 3.8) is 0 Å². The number of carbonyl (C=O) groups is 1. The van der Waals surface area contributed by atoms with Crippen molar-refractivity contribution in [2.45, 2.75) is 25.8 Å². The summed E-state index contributed by atoms with van der Waals surface area (Å²) < 4.78 is 0. The largest absolute Gasteiger partial charge is 0.308 e. The number of aryl methyl sites for hydroxylation is 1. The fourth-order valence-corrected chi connectivity index (χ4v) is 2.94. The van der Waals surface area contributed by atoms with Gasteiger partial charge in [0, 0.05) is 19.4 Å². The van der Waals surface area contributed by atoms with Crippen molar-refractivity contribution >= 4 is 27.5 Å². The maximum atomic E-state index is 11.5. The number of hydrogen-bond donors (Lipinski definition) is 1. The highest BCUT2D eigenvalue weighted by atomic mass is 32.1. The first-order valence-electron chi connectivity index (χ1n) is 5.71. The summed E-state index contributed by atoms with van der Waals surface area (Å²) in [6.45, 7) is 2.70. The number of rotatable bonds is 1. The molecule has 0 spiro atoms. The van der Waals surface area contributed by atoms with Crippen molar-refractivity contribution < 1.29 is 4.79 Å². The number of aromatic nitrogens is 2. The lowest BCUT2D eigenvalue weighted by atomic mass is 9.99. The molecule has 1 N–H and O–H groups in total. The van der Waals surface area contributed by atoms with Crippen LogP contribution in [0, 0.1) is 6.92 Å². The first-order valence-corrected chi connectivity index (χ1v) is 6.59. The molecule has 5 heteroatoms. The minimum absolute atomic E-state index is 0.0352. The van der Waals surface area contributed by atoms with E-state index in [0.717, 1.165) is 28.3 Å². The minimum Gasteiger partial charge on any atom is -0.308 e. The number of piperidine rings is 1. The van der Waals surface area contributed by atoms with Crippen LogP contribution in [0.1, 0.15) is 30.3 Å². The molecule has 3 heterocycles. The molecular formula is C12H13N3OS. The van der Waals surface area contributed by atoms with Crippen LogP contribution in [0.15, 0.2) is 11.4 Å². The number of fused-ring (bicyclic) bond motifs is 1. The summed E-state index contributed by atoms with van der Waals surface area (Å²) in [5.41, 5.74) is 2.77. The second kappa shape index (κ2) is 4.16.